The molecule has 1 saturated heterocycles. The van der Waals surface area contributed by atoms with E-state index in [0.29, 0.717) is 18.9 Å². The van der Waals surface area contributed by atoms with Crippen molar-refractivity contribution in [3.8, 4) is 6.07 Å². The normalized spacial score (nSPS) is 16.3. The van der Waals surface area contributed by atoms with Gasteiger partial charge in [0.25, 0.3) is 11.8 Å². The number of imide groups is 1. The number of amides is 4. The summed E-state index contributed by atoms with van der Waals surface area (Å²) in [5.74, 6) is -0.960. The Morgan fingerprint density at radius 2 is 1.71 bits per heavy atom. The van der Waals surface area contributed by atoms with Gasteiger partial charge in [-0.15, -0.1) is 0 Å². The van der Waals surface area contributed by atoms with Gasteiger partial charge in [0.1, 0.15) is 5.54 Å². The fourth-order valence-electron chi connectivity index (χ4n) is 3.97. The van der Waals surface area contributed by atoms with E-state index in [1.807, 2.05) is 31.2 Å². The number of anilines is 1. The number of carbonyl (C=O) groups is 3. The summed E-state index contributed by atoms with van der Waals surface area (Å²) in [7, 11) is -1.13. The highest BCUT2D eigenvalue weighted by Crippen LogP contribution is 2.37. The second-order valence-electron chi connectivity index (χ2n) is 11.2. The lowest BCUT2D eigenvalue weighted by molar-refractivity contribution is -0.137. The molecule has 1 aliphatic rings. The second-order valence-corrected chi connectivity index (χ2v) is 12.6. The first-order valence-corrected chi connectivity index (χ1v) is 14.1. The molecule has 12 heteroatoms. The maximum absolute atomic E-state index is 13.5. The van der Waals surface area contributed by atoms with Gasteiger partial charge in [-0.2, -0.15) is 22.8 Å². The van der Waals surface area contributed by atoms with Crippen molar-refractivity contribution in [2.75, 3.05) is 18.1 Å². The van der Waals surface area contributed by atoms with Crippen LogP contribution in [-0.2, 0) is 30.9 Å². The van der Waals surface area contributed by atoms with Gasteiger partial charge in [-0.3, -0.25) is 9.59 Å². The van der Waals surface area contributed by atoms with Crippen molar-refractivity contribution >= 4 is 34.5 Å². The zero-order valence-corrected chi connectivity index (χ0v) is 24.7. The Balaban J connectivity index is 1.71. The van der Waals surface area contributed by atoms with E-state index in [2.05, 4.69) is 4.36 Å². The second kappa shape index (κ2) is 12.1. The molecule has 1 heterocycles. The Labute approximate surface area is 240 Å². The van der Waals surface area contributed by atoms with E-state index >= 15 is 0 Å². The third kappa shape index (κ3) is 7.21. The summed E-state index contributed by atoms with van der Waals surface area (Å²) in [4.78, 5) is 41.8. The Bertz CT molecular complexity index is 1410. The lowest BCUT2D eigenvalue weighted by Crippen LogP contribution is -2.44. The molecule has 41 heavy (non-hydrogen) atoms. The number of nitriles is 1. The lowest BCUT2D eigenvalue weighted by atomic mass is 9.96. The highest BCUT2D eigenvalue weighted by molar-refractivity contribution is 7.83. The van der Waals surface area contributed by atoms with Crippen molar-refractivity contribution in [2.24, 2.45) is 9.78 Å². The van der Waals surface area contributed by atoms with Gasteiger partial charge in [-0.05, 0) is 63.9 Å². The van der Waals surface area contributed by atoms with Crippen LogP contribution in [0.15, 0.2) is 51.7 Å². The van der Waals surface area contributed by atoms with Crippen LogP contribution in [0.1, 0.15) is 64.2 Å². The molecule has 2 aromatic rings. The number of benzene rings is 2. The topological polar surface area (TPSA) is 103 Å². The van der Waals surface area contributed by atoms with Gasteiger partial charge in [0.05, 0.1) is 40.5 Å². The summed E-state index contributed by atoms with van der Waals surface area (Å²) in [6.07, 6.45) is -3.93. The molecule has 1 atom stereocenters. The van der Waals surface area contributed by atoms with Crippen LogP contribution in [0.3, 0.4) is 0 Å². The third-order valence-corrected chi connectivity index (χ3v) is 7.91. The maximum Gasteiger partial charge on any atom is 0.417 e. The number of carbonyl (C=O) groups excluding carboxylic acids is 3. The number of halogens is 3. The summed E-state index contributed by atoms with van der Waals surface area (Å²) in [6.45, 7) is 10.7. The molecular formula is C29H33F3N4O4S. The zero-order chi connectivity index (χ0) is 30.8. The molecule has 220 valence electrons. The van der Waals surface area contributed by atoms with E-state index in [4.69, 9.17) is 9.44 Å². The van der Waals surface area contributed by atoms with Crippen molar-refractivity contribution in [1.29, 1.82) is 5.26 Å². The molecule has 0 radical (unpaired) electrons. The largest absolute Gasteiger partial charge is 0.417 e. The lowest BCUT2D eigenvalue weighted by Gasteiger charge is -2.27. The number of nitrogens with zero attached hydrogens (tertiary/aromatic N) is 4. The molecule has 1 fully saturated rings. The average molecular weight is 591 g/mol. The van der Waals surface area contributed by atoms with E-state index < -0.39 is 51.2 Å². The van der Waals surface area contributed by atoms with Crippen LogP contribution in [0.2, 0.25) is 0 Å². The molecule has 3 rings (SSSR count). The van der Waals surface area contributed by atoms with Crippen LogP contribution in [0.25, 0.3) is 0 Å². The first-order chi connectivity index (χ1) is 19.0. The van der Waals surface area contributed by atoms with Crippen molar-refractivity contribution in [3.05, 3.63) is 59.2 Å². The molecule has 0 aromatic heterocycles. The Morgan fingerprint density at radius 1 is 1.07 bits per heavy atom. The summed E-state index contributed by atoms with van der Waals surface area (Å²) in [5, 5.41) is 9.06. The molecule has 0 spiro atoms. The van der Waals surface area contributed by atoms with Gasteiger partial charge in [0.2, 0.25) is 0 Å². The number of aryl methyl sites for hydroxylation is 1. The van der Waals surface area contributed by atoms with E-state index in [1.54, 1.807) is 20.8 Å². The molecule has 4 amide bonds. The monoisotopic (exact) mass is 590 g/mol. The van der Waals surface area contributed by atoms with Crippen LogP contribution in [0.4, 0.5) is 23.7 Å². The van der Waals surface area contributed by atoms with Gasteiger partial charge >= 0.3 is 12.2 Å². The van der Waals surface area contributed by atoms with Crippen LogP contribution in [-0.4, -0.2) is 41.4 Å². The molecule has 0 N–H and O–H groups in total. The molecule has 1 unspecified atom stereocenters. The quantitative estimate of drug-likeness (QED) is 0.255. The number of hydrogen-bond acceptors (Lipinski definition) is 5. The first-order valence-electron chi connectivity index (χ1n) is 13.0. The Morgan fingerprint density at radius 3 is 2.27 bits per heavy atom. The van der Waals surface area contributed by atoms with Gasteiger partial charge in [0, 0.05) is 16.9 Å². The van der Waals surface area contributed by atoms with E-state index in [-0.39, 0.29) is 24.7 Å². The van der Waals surface area contributed by atoms with E-state index in [0.717, 1.165) is 27.5 Å². The molecular weight excluding hydrogens is 557 g/mol. The number of rotatable bonds is 8. The first kappa shape index (κ1) is 32.0. The maximum atomic E-state index is 13.5. The predicted octanol–water partition coefficient (Wildman–Crippen LogP) is 6.58. The summed E-state index contributed by atoms with van der Waals surface area (Å²) < 4.78 is 50.7. The van der Waals surface area contributed by atoms with Gasteiger partial charge in [0.15, 0.2) is 0 Å². The van der Waals surface area contributed by atoms with Crippen LogP contribution in [0.5, 0.6) is 0 Å². The van der Waals surface area contributed by atoms with Crippen molar-refractivity contribution in [2.45, 2.75) is 71.0 Å². The fraction of sp³-hybridized carbons (Fsp3) is 0.448. The summed E-state index contributed by atoms with van der Waals surface area (Å²) in [6, 6.07) is 11.0. The third-order valence-electron chi connectivity index (χ3n) is 6.51. The van der Waals surface area contributed by atoms with E-state index in [1.165, 1.54) is 24.8 Å². The standard InChI is InChI=1S/C29H33F3N4O4S/c1-19-9-13-22(14-10-19)41(34-24(37)27(2,3)4)40-16-8-7-15-35-26(39)36(25(38)28(35,5)6)21-12-11-20(18-33)23(17-21)29(30,31)32/h9-14,17H,7-8,15-16H2,1-6H3. The van der Waals surface area contributed by atoms with Crippen LogP contribution >= 0.6 is 0 Å². The predicted molar refractivity (Wildman–Crippen MR) is 149 cm³/mol. The highest BCUT2D eigenvalue weighted by atomic mass is 32.2. The smallest absolute Gasteiger partial charge is 0.310 e. The Hall–Kier alpha value is -3.56. The summed E-state index contributed by atoms with van der Waals surface area (Å²) >= 11 is 0. The molecule has 0 saturated carbocycles. The van der Waals surface area contributed by atoms with E-state index in [9.17, 15) is 27.6 Å². The van der Waals surface area contributed by atoms with Crippen LogP contribution in [0, 0.1) is 23.7 Å². The molecule has 0 aliphatic carbocycles. The fourth-order valence-corrected chi connectivity index (χ4v) is 5.33. The van der Waals surface area contributed by atoms with Crippen molar-refractivity contribution < 1.29 is 31.7 Å². The van der Waals surface area contributed by atoms with Crippen molar-refractivity contribution in [3.63, 3.8) is 0 Å². The van der Waals surface area contributed by atoms with Gasteiger partial charge < -0.3 is 9.08 Å². The number of urea groups is 1. The van der Waals surface area contributed by atoms with Crippen LogP contribution < -0.4 is 4.90 Å². The van der Waals surface area contributed by atoms with Gasteiger partial charge in [-0.25, -0.2) is 9.69 Å². The highest BCUT2D eigenvalue weighted by Gasteiger charge is 2.51. The molecule has 2 aromatic carbocycles. The number of unbranched alkanes of at least 4 members (excludes halogenated alkanes) is 1. The number of alkyl halides is 3. The Kier molecular flexibility index (Phi) is 9.45. The molecule has 8 nitrogen and oxygen atoms in total. The van der Waals surface area contributed by atoms with Crippen molar-refractivity contribution in [1.82, 2.24) is 4.90 Å². The summed E-state index contributed by atoms with van der Waals surface area (Å²) in [5.41, 5.74) is -2.99. The average Bonchev–Trinajstić information content (AvgIpc) is 3.05. The van der Waals surface area contributed by atoms with Gasteiger partial charge in [-0.1, -0.05) is 38.5 Å². The molecule has 1 aliphatic heterocycles. The molecule has 0 bridgehead atoms. The number of hydrogen-bond donors (Lipinski definition) is 0. The minimum atomic E-state index is -4.83. The minimum Gasteiger partial charge on any atom is -0.310 e. The SMILES string of the molecule is Cc1ccc(S(=NC(=O)C(C)(C)C)OCCCCN2C(=O)N(c3ccc(C#N)c(C(F)(F)F)c3)C(=O)C2(C)C)cc1. The minimum absolute atomic E-state index is 0.149. The zero-order valence-electron chi connectivity index (χ0n) is 23.8.